The average Bonchev–Trinajstić information content (AvgIpc) is 2.91. The van der Waals surface area contributed by atoms with Gasteiger partial charge in [-0.05, 0) is 54.1 Å². The highest BCUT2D eigenvalue weighted by molar-refractivity contribution is 6.14. The summed E-state index contributed by atoms with van der Waals surface area (Å²) in [6.45, 7) is 0. The van der Waals surface area contributed by atoms with Crippen LogP contribution in [-0.4, -0.2) is 31.8 Å². The largest absolute Gasteiger partial charge is 0.482 e. The number of amides is 1. The number of Topliss-reactive ketones (excluding diaryl/α,β-unsaturated/α-hetero) is 1. The Labute approximate surface area is 205 Å². The topological polar surface area (TPSA) is 49.9 Å². The summed E-state index contributed by atoms with van der Waals surface area (Å²) in [5.41, 5.74) is 3.43. The summed E-state index contributed by atoms with van der Waals surface area (Å²) in [5.74, 6) is 0.116. The van der Waals surface area contributed by atoms with Gasteiger partial charge in [0.1, 0.15) is 11.8 Å². The maximum Gasteiger partial charge on any atom is 0.259 e. The maximum absolute atomic E-state index is 14.0. The van der Waals surface area contributed by atoms with Crippen molar-refractivity contribution in [2.75, 3.05) is 23.9 Å². The molecule has 0 saturated carbocycles. The van der Waals surface area contributed by atoms with Crippen LogP contribution in [0.1, 0.15) is 32.4 Å². The first kappa shape index (κ1) is 22.4. The fraction of sp³-hybridized carbons (Fsp3) is 0.133. The van der Waals surface area contributed by atoms with Crippen LogP contribution in [0.3, 0.4) is 0 Å². The minimum Gasteiger partial charge on any atom is -0.482 e. The number of ketones is 1. The molecule has 1 aliphatic heterocycles. The zero-order valence-electron chi connectivity index (χ0n) is 19.7. The van der Waals surface area contributed by atoms with Gasteiger partial charge in [0.05, 0.1) is 5.56 Å². The third-order valence-corrected chi connectivity index (χ3v) is 6.25. The molecule has 1 heterocycles. The SMILES string of the molecule is CN(C)c1ccc(N(C(=O)c2ccccc2)C2C(=O)c3ccccc3OC2c2ccccc2)cc1. The monoisotopic (exact) mass is 462 g/mol. The summed E-state index contributed by atoms with van der Waals surface area (Å²) in [7, 11) is 3.92. The summed E-state index contributed by atoms with van der Waals surface area (Å²) in [5, 5.41) is 0. The van der Waals surface area contributed by atoms with Crippen LogP contribution in [0.2, 0.25) is 0 Å². The summed E-state index contributed by atoms with van der Waals surface area (Å²) in [6.07, 6.45) is -0.667. The second-order valence-corrected chi connectivity index (χ2v) is 8.71. The van der Waals surface area contributed by atoms with E-state index in [-0.39, 0.29) is 11.7 Å². The molecule has 5 heteroatoms. The van der Waals surface area contributed by atoms with Crippen molar-refractivity contribution in [2.24, 2.45) is 0 Å². The van der Waals surface area contributed by atoms with Crippen molar-refractivity contribution < 1.29 is 14.3 Å². The molecule has 0 saturated heterocycles. The Morgan fingerprint density at radius 3 is 1.94 bits per heavy atom. The molecule has 5 nitrogen and oxygen atoms in total. The Bertz CT molecular complexity index is 1340. The van der Waals surface area contributed by atoms with Gasteiger partial charge >= 0.3 is 0 Å². The molecule has 0 radical (unpaired) electrons. The van der Waals surface area contributed by atoms with E-state index in [1.54, 1.807) is 29.2 Å². The van der Waals surface area contributed by atoms with Crippen LogP contribution in [0, 0.1) is 0 Å². The highest BCUT2D eigenvalue weighted by Gasteiger charge is 2.44. The van der Waals surface area contributed by atoms with E-state index in [1.807, 2.05) is 104 Å². The van der Waals surface area contributed by atoms with Crippen LogP contribution >= 0.6 is 0 Å². The van der Waals surface area contributed by atoms with Crippen LogP contribution in [0.5, 0.6) is 5.75 Å². The molecule has 2 unspecified atom stereocenters. The molecule has 0 spiro atoms. The number of ether oxygens (including phenoxy) is 1. The molecule has 4 aromatic carbocycles. The van der Waals surface area contributed by atoms with Crippen molar-refractivity contribution in [2.45, 2.75) is 12.1 Å². The van der Waals surface area contributed by atoms with E-state index < -0.39 is 12.1 Å². The molecular weight excluding hydrogens is 436 g/mol. The molecular formula is C30H26N2O3. The van der Waals surface area contributed by atoms with E-state index in [1.165, 1.54) is 0 Å². The number of carbonyl (C=O) groups excluding carboxylic acids is 2. The molecule has 1 aliphatic rings. The van der Waals surface area contributed by atoms with Crippen molar-refractivity contribution in [3.63, 3.8) is 0 Å². The molecule has 2 atom stereocenters. The summed E-state index contributed by atoms with van der Waals surface area (Å²) >= 11 is 0. The first-order valence-electron chi connectivity index (χ1n) is 11.6. The Kier molecular flexibility index (Phi) is 6.06. The van der Waals surface area contributed by atoms with E-state index in [0.29, 0.717) is 22.6 Å². The molecule has 0 fully saturated rings. The number of hydrogen-bond donors (Lipinski definition) is 0. The van der Waals surface area contributed by atoms with Gasteiger partial charge in [0.25, 0.3) is 5.91 Å². The van der Waals surface area contributed by atoms with Gasteiger partial charge in [0.15, 0.2) is 11.9 Å². The number of para-hydroxylation sites is 1. The zero-order valence-corrected chi connectivity index (χ0v) is 19.7. The minimum atomic E-state index is -0.884. The summed E-state index contributed by atoms with van der Waals surface area (Å²) in [4.78, 5) is 31.6. The molecule has 0 aliphatic carbocycles. The van der Waals surface area contributed by atoms with E-state index >= 15 is 0 Å². The average molecular weight is 463 g/mol. The number of benzene rings is 4. The molecule has 0 bridgehead atoms. The lowest BCUT2D eigenvalue weighted by atomic mass is 9.89. The minimum absolute atomic E-state index is 0.151. The standard InChI is InChI=1S/C30H26N2O3/c1-31(2)23-17-19-24(20-18-23)32(30(34)22-13-7-4-8-14-22)27-28(33)25-15-9-10-16-26(25)35-29(27)21-11-5-3-6-12-21/h3-20,27,29H,1-2H3. The maximum atomic E-state index is 14.0. The van der Waals surface area contributed by atoms with Gasteiger partial charge in [0.2, 0.25) is 0 Å². The Morgan fingerprint density at radius 1 is 0.714 bits per heavy atom. The quantitative estimate of drug-likeness (QED) is 0.377. The number of anilines is 2. The Morgan fingerprint density at radius 2 is 1.29 bits per heavy atom. The Hall–Kier alpha value is -4.38. The molecule has 1 amide bonds. The third kappa shape index (κ3) is 4.28. The highest BCUT2D eigenvalue weighted by Crippen LogP contribution is 2.39. The number of nitrogens with zero attached hydrogens (tertiary/aromatic N) is 2. The van der Waals surface area contributed by atoms with Gasteiger partial charge in [-0.25, -0.2) is 0 Å². The second kappa shape index (κ2) is 9.47. The first-order valence-corrected chi connectivity index (χ1v) is 11.6. The number of rotatable bonds is 5. The molecule has 0 aromatic heterocycles. The van der Waals surface area contributed by atoms with Gasteiger partial charge in [-0.3, -0.25) is 14.5 Å². The first-order chi connectivity index (χ1) is 17.0. The van der Waals surface area contributed by atoms with Gasteiger partial charge < -0.3 is 9.64 Å². The van der Waals surface area contributed by atoms with E-state index in [9.17, 15) is 9.59 Å². The molecule has 0 N–H and O–H groups in total. The summed E-state index contributed by atoms with van der Waals surface area (Å²) < 4.78 is 6.43. The van der Waals surface area contributed by atoms with E-state index in [4.69, 9.17) is 4.74 Å². The smallest absolute Gasteiger partial charge is 0.259 e. The lowest BCUT2D eigenvalue weighted by Crippen LogP contribution is -2.52. The van der Waals surface area contributed by atoms with Crippen LogP contribution in [-0.2, 0) is 0 Å². The fourth-order valence-electron chi connectivity index (χ4n) is 4.45. The normalized spacial score (nSPS) is 16.7. The molecule has 5 rings (SSSR count). The van der Waals surface area contributed by atoms with Crippen molar-refractivity contribution in [3.05, 3.63) is 126 Å². The Balaban J connectivity index is 1.69. The number of carbonyl (C=O) groups is 2. The highest BCUT2D eigenvalue weighted by atomic mass is 16.5. The predicted molar refractivity (Wildman–Crippen MR) is 138 cm³/mol. The molecule has 35 heavy (non-hydrogen) atoms. The number of hydrogen-bond acceptors (Lipinski definition) is 4. The van der Waals surface area contributed by atoms with Crippen molar-refractivity contribution in [1.29, 1.82) is 0 Å². The predicted octanol–water partition coefficient (Wildman–Crippen LogP) is 5.78. The van der Waals surface area contributed by atoms with Crippen LogP contribution < -0.4 is 14.5 Å². The van der Waals surface area contributed by atoms with Crippen LogP contribution in [0.4, 0.5) is 11.4 Å². The second-order valence-electron chi connectivity index (χ2n) is 8.71. The zero-order chi connectivity index (χ0) is 24.4. The lowest BCUT2D eigenvalue weighted by Gasteiger charge is -2.39. The fourth-order valence-corrected chi connectivity index (χ4v) is 4.45. The lowest BCUT2D eigenvalue weighted by molar-refractivity contribution is 0.0730. The van der Waals surface area contributed by atoms with Crippen molar-refractivity contribution >= 4 is 23.1 Å². The van der Waals surface area contributed by atoms with Crippen molar-refractivity contribution in [3.8, 4) is 5.75 Å². The van der Waals surface area contributed by atoms with Gasteiger partial charge in [-0.15, -0.1) is 0 Å². The van der Waals surface area contributed by atoms with Gasteiger partial charge in [-0.1, -0.05) is 60.7 Å². The van der Waals surface area contributed by atoms with Crippen LogP contribution in [0.15, 0.2) is 109 Å². The molecule has 174 valence electrons. The van der Waals surface area contributed by atoms with Crippen LogP contribution in [0.25, 0.3) is 0 Å². The molecule has 4 aromatic rings. The van der Waals surface area contributed by atoms with Crippen molar-refractivity contribution in [1.82, 2.24) is 0 Å². The van der Waals surface area contributed by atoms with Gasteiger partial charge in [-0.2, -0.15) is 0 Å². The number of fused-ring (bicyclic) bond motifs is 1. The van der Waals surface area contributed by atoms with E-state index in [2.05, 4.69) is 0 Å². The van der Waals surface area contributed by atoms with E-state index in [0.717, 1.165) is 11.3 Å². The third-order valence-electron chi connectivity index (χ3n) is 6.25. The summed E-state index contributed by atoms with van der Waals surface area (Å²) in [6, 6.07) is 32.6. The van der Waals surface area contributed by atoms with Gasteiger partial charge in [0, 0.05) is 31.0 Å².